The van der Waals surface area contributed by atoms with E-state index < -0.39 is 23.4 Å². The third kappa shape index (κ3) is 5.00. The molecule has 188 valence electrons. The third-order valence-electron chi connectivity index (χ3n) is 7.18. The van der Waals surface area contributed by atoms with Crippen molar-refractivity contribution in [2.24, 2.45) is 5.41 Å². The first kappa shape index (κ1) is 25.0. The van der Waals surface area contributed by atoms with E-state index in [1.54, 1.807) is 13.0 Å². The first-order valence-corrected chi connectivity index (χ1v) is 11.9. The van der Waals surface area contributed by atoms with Crippen LogP contribution < -0.4 is 10.1 Å². The molecule has 4 rings (SSSR count). The average Bonchev–Trinajstić information content (AvgIpc) is 3.56. The molecule has 0 bridgehead atoms. The molecule has 0 unspecified atom stereocenters. The molecule has 1 amide bonds. The molecule has 1 saturated carbocycles. The van der Waals surface area contributed by atoms with Crippen molar-refractivity contribution in [3.8, 4) is 5.88 Å². The summed E-state index contributed by atoms with van der Waals surface area (Å²) in [6.07, 6.45) is 1.91. The van der Waals surface area contributed by atoms with Gasteiger partial charge in [0.05, 0.1) is 10.8 Å². The number of amides is 1. The van der Waals surface area contributed by atoms with E-state index in [0.717, 1.165) is 11.1 Å². The fraction of sp³-hybridized carbons (Fsp3) is 0.500. The van der Waals surface area contributed by atoms with E-state index in [1.807, 2.05) is 24.3 Å². The fourth-order valence-corrected chi connectivity index (χ4v) is 4.89. The van der Waals surface area contributed by atoms with Crippen molar-refractivity contribution < 1.29 is 28.2 Å². The van der Waals surface area contributed by atoms with Gasteiger partial charge in [0, 0.05) is 18.8 Å². The number of pyridine rings is 1. The number of aromatic nitrogens is 1. The second-order valence-corrected chi connectivity index (χ2v) is 10.0. The minimum Gasteiger partial charge on any atom is -0.481 e. The van der Waals surface area contributed by atoms with Gasteiger partial charge in [-0.2, -0.15) is 8.78 Å². The van der Waals surface area contributed by atoms with Crippen LogP contribution in [-0.2, 0) is 15.0 Å². The van der Waals surface area contributed by atoms with Crippen LogP contribution in [0.3, 0.4) is 0 Å². The van der Waals surface area contributed by atoms with Crippen LogP contribution in [-0.4, -0.2) is 53.1 Å². The summed E-state index contributed by atoms with van der Waals surface area (Å²) in [7, 11) is 0. The maximum absolute atomic E-state index is 13.8. The van der Waals surface area contributed by atoms with Gasteiger partial charge in [-0.05, 0) is 61.9 Å². The van der Waals surface area contributed by atoms with Gasteiger partial charge in [-0.3, -0.25) is 9.59 Å². The fourth-order valence-electron chi connectivity index (χ4n) is 4.89. The van der Waals surface area contributed by atoms with Gasteiger partial charge < -0.3 is 20.1 Å². The number of hydrogen-bond acceptors (Lipinski definition) is 5. The van der Waals surface area contributed by atoms with Crippen molar-refractivity contribution in [3.05, 3.63) is 53.2 Å². The summed E-state index contributed by atoms with van der Waals surface area (Å²) in [6, 6.07) is 10.9. The number of halogens is 2. The number of carbonyl (C=O) groups excluding carboxylic acids is 1. The summed E-state index contributed by atoms with van der Waals surface area (Å²) in [6.45, 7) is 4.09. The third-order valence-corrected chi connectivity index (χ3v) is 7.18. The highest BCUT2D eigenvalue weighted by Crippen LogP contribution is 2.50. The molecular formula is C26H31F2N3O4. The van der Waals surface area contributed by atoms with Crippen LogP contribution in [0.4, 0.5) is 14.5 Å². The molecule has 2 aromatic rings. The Morgan fingerprint density at radius 1 is 1.17 bits per heavy atom. The van der Waals surface area contributed by atoms with E-state index in [-0.39, 0.29) is 23.4 Å². The quantitative estimate of drug-likeness (QED) is 0.511. The number of anilines is 1. The van der Waals surface area contributed by atoms with Gasteiger partial charge in [-0.1, -0.05) is 38.1 Å². The van der Waals surface area contributed by atoms with E-state index >= 15 is 0 Å². The summed E-state index contributed by atoms with van der Waals surface area (Å²) in [5, 5.41) is 12.3. The maximum Gasteiger partial charge on any atom is 0.388 e. The molecule has 1 aliphatic heterocycles. The van der Waals surface area contributed by atoms with Gasteiger partial charge in [0.15, 0.2) is 0 Å². The molecule has 35 heavy (non-hydrogen) atoms. The number of carboxylic acid groups (broad SMARTS) is 1. The molecule has 1 aromatic carbocycles. The first-order chi connectivity index (χ1) is 16.6. The molecular weight excluding hydrogens is 456 g/mol. The minimum absolute atomic E-state index is 0.0866. The summed E-state index contributed by atoms with van der Waals surface area (Å²) in [5.74, 6) is -1.24. The van der Waals surface area contributed by atoms with Gasteiger partial charge in [0.2, 0.25) is 11.8 Å². The van der Waals surface area contributed by atoms with Crippen molar-refractivity contribution in [1.29, 1.82) is 0 Å². The molecule has 0 atom stereocenters. The van der Waals surface area contributed by atoms with Gasteiger partial charge in [-0.25, -0.2) is 4.98 Å². The minimum atomic E-state index is -3.07. The zero-order chi connectivity index (χ0) is 25.4. The standard InChI is InChI=1S/C26H31F2N3O4/c1-16(2)18-6-4-5-7-19(18)26(14-31(15-26)13-12-25(10-11-25)23(33)34)22(32)30-20-9-8-17(3)29-21(20)35-24(27)28/h4-9,16,24H,10-15H2,1-3H3,(H,30,32)(H,33,34). The molecule has 1 saturated heterocycles. The largest absolute Gasteiger partial charge is 0.481 e. The van der Waals surface area contributed by atoms with Crippen molar-refractivity contribution in [1.82, 2.24) is 9.88 Å². The number of aliphatic carboxylic acids is 1. The molecule has 0 spiro atoms. The zero-order valence-corrected chi connectivity index (χ0v) is 20.2. The van der Waals surface area contributed by atoms with Crippen molar-refractivity contribution in [2.45, 2.75) is 58.0 Å². The van der Waals surface area contributed by atoms with E-state index in [0.29, 0.717) is 44.6 Å². The van der Waals surface area contributed by atoms with Gasteiger partial charge in [-0.15, -0.1) is 0 Å². The van der Waals surface area contributed by atoms with Crippen LogP contribution in [0.1, 0.15) is 55.8 Å². The van der Waals surface area contributed by atoms with E-state index in [4.69, 9.17) is 0 Å². The number of carbonyl (C=O) groups is 2. The SMILES string of the molecule is Cc1ccc(NC(=O)C2(c3ccccc3C(C)C)CN(CCC3(C(=O)O)CC3)C2)c(OC(F)F)n1. The van der Waals surface area contributed by atoms with Crippen LogP contribution in [0.15, 0.2) is 36.4 Å². The Labute approximate surface area is 203 Å². The highest BCUT2D eigenvalue weighted by Gasteiger charge is 2.54. The smallest absolute Gasteiger partial charge is 0.388 e. The molecule has 1 aromatic heterocycles. The number of nitrogens with one attached hydrogen (secondary N) is 1. The van der Waals surface area contributed by atoms with Crippen molar-refractivity contribution >= 4 is 17.6 Å². The molecule has 2 heterocycles. The Morgan fingerprint density at radius 3 is 2.46 bits per heavy atom. The first-order valence-electron chi connectivity index (χ1n) is 11.9. The Kier molecular flexibility index (Phi) is 6.81. The lowest BCUT2D eigenvalue weighted by atomic mass is 9.69. The summed E-state index contributed by atoms with van der Waals surface area (Å²) >= 11 is 0. The van der Waals surface area contributed by atoms with E-state index in [1.165, 1.54) is 6.07 Å². The van der Waals surface area contributed by atoms with Crippen LogP contribution >= 0.6 is 0 Å². The summed E-state index contributed by atoms with van der Waals surface area (Å²) in [5.41, 5.74) is 0.959. The highest BCUT2D eigenvalue weighted by atomic mass is 19.3. The molecule has 2 aliphatic rings. The number of benzene rings is 1. The maximum atomic E-state index is 13.8. The second kappa shape index (κ2) is 9.53. The van der Waals surface area contributed by atoms with Gasteiger partial charge >= 0.3 is 12.6 Å². The van der Waals surface area contributed by atoms with E-state index in [2.05, 4.69) is 33.8 Å². The number of rotatable bonds is 10. The molecule has 9 heteroatoms. The predicted molar refractivity (Wildman–Crippen MR) is 127 cm³/mol. The van der Waals surface area contributed by atoms with Crippen LogP contribution in [0.2, 0.25) is 0 Å². The number of aryl methyl sites for hydroxylation is 1. The molecule has 1 aliphatic carbocycles. The van der Waals surface area contributed by atoms with Crippen LogP contribution in [0, 0.1) is 12.3 Å². The highest BCUT2D eigenvalue weighted by molar-refractivity contribution is 6.01. The molecule has 2 fully saturated rings. The van der Waals surface area contributed by atoms with Crippen molar-refractivity contribution in [3.63, 3.8) is 0 Å². The van der Waals surface area contributed by atoms with Crippen LogP contribution in [0.5, 0.6) is 5.88 Å². The average molecular weight is 488 g/mol. The van der Waals surface area contributed by atoms with E-state index in [9.17, 15) is 23.5 Å². The second-order valence-electron chi connectivity index (χ2n) is 10.0. The number of nitrogens with zero attached hydrogens (tertiary/aromatic N) is 2. The molecule has 2 N–H and O–H groups in total. The monoisotopic (exact) mass is 487 g/mol. The zero-order valence-electron chi connectivity index (χ0n) is 20.2. The predicted octanol–water partition coefficient (Wildman–Crippen LogP) is 4.56. The topological polar surface area (TPSA) is 91.8 Å². The normalized spacial score (nSPS) is 18.3. The summed E-state index contributed by atoms with van der Waals surface area (Å²) in [4.78, 5) is 31.4. The molecule has 0 radical (unpaired) electrons. The Hall–Kier alpha value is -3.07. The Bertz CT molecular complexity index is 1110. The number of hydrogen-bond donors (Lipinski definition) is 2. The Morgan fingerprint density at radius 2 is 1.86 bits per heavy atom. The lowest BCUT2D eigenvalue weighted by molar-refractivity contribution is -0.144. The molecule has 7 nitrogen and oxygen atoms in total. The van der Waals surface area contributed by atoms with Gasteiger partial charge in [0.25, 0.3) is 0 Å². The Balaban J connectivity index is 1.60. The van der Waals surface area contributed by atoms with Gasteiger partial charge in [0.1, 0.15) is 5.69 Å². The number of alkyl halides is 2. The number of ether oxygens (including phenoxy) is 1. The number of likely N-dealkylation sites (tertiary alicyclic amines) is 1. The van der Waals surface area contributed by atoms with Crippen LogP contribution in [0.25, 0.3) is 0 Å². The lowest BCUT2D eigenvalue weighted by Crippen LogP contribution is -2.65. The lowest BCUT2D eigenvalue weighted by Gasteiger charge is -2.50. The summed E-state index contributed by atoms with van der Waals surface area (Å²) < 4.78 is 30.5. The number of carboxylic acids is 1. The van der Waals surface area contributed by atoms with Crippen molar-refractivity contribution in [2.75, 3.05) is 25.0 Å².